The van der Waals surface area contributed by atoms with Crippen LogP contribution in [0.1, 0.15) is 18.7 Å². The van der Waals surface area contributed by atoms with Crippen LogP contribution in [0, 0.1) is 0 Å². The predicted octanol–water partition coefficient (Wildman–Crippen LogP) is 1.36. The van der Waals surface area contributed by atoms with Gasteiger partial charge in [0.15, 0.2) is 0 Å². The number of rotatable bonds is 3. The van der Waals surface area contributed by atoms with Crippen molar-refractivity contribution in [3.63, 3.8) is 0 Å². The molecule has 1 heterocycles. The molecule has 0 radical (unpaired) electrons. The summed E-state index contributed by atoms with van der Waals surface area (Å²) in [6.07, 6.45) is 2.51. The Bertz CT molecular complexity index is 280. The van der Waals surface area contributed by atoms with Gasteiger partial charge in [0.25, 0.3) is 6.47 Å². The zero-order valence-corrected chi connectivity index (χ0v) is 7.15. The topological polar surface area (TPSA) is 52.1 Å². The zero-order valence-electron chi connectivity index (χ0n) is 6.40. The highest BCUT2D eigenvalue weighted by atomic mass is 35.5. The van der Waals surface area contributed by atoms with Crippen molar-refractivity contribution in [2.75, 3.05) is 0 Å². The van der Waals surface area contributed by atoms with Gasteiger partial charge in [-0.25, -0.2) is 4.98 Å². The van der Waals surface area contributed by atoms with Crippen molar-refractivity contribution in [2.24, 2.45) is 0 Å². The van der Waals surface area contributed by atoms with Gasteiger partial charge in [0, 0.05) is 0 Å². The second-order valence-corrected chi connectivity index (χ2v) is 2.53. The van der Waals surface area contributed by atoms with E-state index in [1.54, 1.807) is 6.92 Å². The van der Waals surface area contributed by atoms with Gasteiger partial charge < -0.3 is 4.74 Å². The molecule has 0 aliphatic rings. The number of halogens is 1. The van der Waals surface area contributed by atoms with Gasteiger partial charge in [-0.2, -0.15) is 0 Å². The second-order valence-electron chi connectivity index (χ2n) is 2.14. The van der Waals surface area contributed by atoms with Crippen molar-refractivity contribution in [1.29, 1.82) is 0 Å². The fraction of sp³-hybridized carbons (Fsp3) is 0.286. The van der Waals surface area contributed by atoms with E-state index < -0.39 is 6.10 Å². The van der Waals surface area contributed by atoms with Crippen LogP contribution in [-0.4, -0.2) is 16.4 Å². The van der Waals surface area contributed by atoms with E-state index in [0.29, 0.717) is 12.2 Å². The standard InChI is InChI=1S/C7H7ClN2O2/c1-5(12-4-11)6-2-9-3-7(8)10-6/h2-5H,1H3. The van der Waals surface area contributed by atoms with Crippen molar-refractivity contribution >= 4 is 18.1 Å². The Morgan fingerprint density at radius 2 is 2.42 bits per heavy atom. The highest BCUT2D eigenvalue weighted by molar-refractivity contribution is 6.29. The van der Waals surface area contributed by atoms with Crippen molar-refractivity contribution < 1.29 is 9.53 Å². The lowest BCUT2D eigenvalue weighted by Gasteiger charge is -2.07. The fourth-order valence-corrected chi connectivity index (χ4v) is 0.859. The van der Waals surface area contributed by atoms with E-state index in [4.69, 9.17) is 11.6 Å². The van der Waals surface area contributed by atoms with Crippen molar-refractivity contribution in [1.82, 2.24) is 9.97 Å². The van der Waals surface area contributed by atoms with E-state index in [1.807, 2.05) is 0 Å². The zero-order chi connectivity index (χ0) is 8.97. The normalized spacial score (nSPS) is 12.2. The molecule has 0 N–H and O–H groups in total. The van der Waals surface area contributed by atoms with E-state index in [2.05, 4.69) is 14.7 Å². The highest BCUT2D eigenvalue weighted by Gasteiger charge is 2.07. The molecule has 0 aromatic carbocycles. The lowest BCUT2D eigenvalue weighted by Crippen LogP contribution is -2.01. The minimum atomic E-state index is -0.409. The van der Waals surface area contributed by atoms with Crippen LogP contribution in [0.5, 0.6) is 0 Å². The Kier molecular flexibility index (Phi) is 2.99. The van der Waals surface area contributed by atoms with Crippen LogP contribution in [-0.2, 0) is 9.53 Å². The molecular formula is C7H7ClN2O2. The minimum absolute atomic E-state index is 0.286. The van der Waals surface area contributed by atoms with E-state index in [9.17, 15) is 4.79 Å². The smallest absolute Gasteiger partial charge is 0.293 e. The van der Waals surface area contributed by atoms with Crippen LogP contribution in [0.3, 0.4) is 0 Å². The van der Waals surface area contributed by atoms with Gasteiger partial charge in [-0.1, -0.05) is 11.6 Å². The first-order valence-electron chi connectivity index (χ1n) is 3.30. The average molecular weight is 187 g/mol. The molecule has 0 spiro atoms. The number of carbonyl (C=O) groups excluding carboxylic acids is 1. The van der Waals surface area contributed by atoms with Crippen LogP contribution in [0.15, 0.2) is 12.4 Å². The Labute approximate surface area is 74.5 Å². The molecule has 1 aromatic rings. The molecule has 1 atom stereocenters. The third-order valence-corrected chi connectivity index (χ3v) is 1.48. The van der Waals surface area contributed by atoms with Gasteiger partial charge in [0.05, 0.1) is 12.4 Å². The van der Waals surface area contributed by atoms with Gasteiger partial charge in [0.1, 0.15) is 17.0 Å². The molecule has 0 saturated carbocycles. The molecular weight excluding hydrogens is 180 g/mol. The van der Waals surface area contributed by atoms with Crippen LogP contribution in [0.4, 0.5) is 0 Å². The summed E-state index contributed by atoms with van der Waals surface area (Å²) >= 11 is 5.57. The molecule has 0 amide bonds. The van der Waals surface area contributed by atoms with E-state index in [1.165, 1.54) is 12.4 Å². The van der Waals surface area contributed by atoms with Gasteiger partial charge in [-0.3, -0.25) is 9.78 Å². The number of aromatic nitrogens is 2. The quantitative estimate of drug-likeness (QED) is 0.669. The summed E-state index contributed by atoms with van der Waals surface area (Å²) in [6, 6.07) is 0. The Morgan fingerprint density at radius 3 is 3.00 bits per heavy atom. The first-order valence-corrected chi connectivity index (χ1v) is 3.68. The number of hydrogen-bond donors (Lipinski definition) is 0. The summed E-state index contributed by atoms with van der Waals surface area (Å²) in [5.41, 5.74) is 0.537. The van der Waals surface area contributed by atoms with Crippen molar-refractivity contribution in [3.8, 4) is 0 Å². The van der Waals surface area contributed by atoms with E-state index >= 15 is 0 Å². The summed E-state index contributed by atoms with van der Waals surface area (Å²) in [4.78, 5) is 17.7. The Balaban J connectivity index is 2.80. The van der Waals surface area contributed by atoms with Crippen LogP contribution >= 0.6 is 11.6 Å². The van der Waals surface area contributed by atoms with Crippen LogP contribution < -0.4 is 0 Å². The van der Waals surface area contributed by atoms with Gasteiger partial charge >= 0.3 is 0 Å². The fourth-order valence-electron chi connectivity index (χ4n) is 0.705. The predicted molar refractivity (Wildman–Crippen MR) is 42.6 cm³/mol. The maximum Gasteiger partial charge on any atom is 0.293 e. The SMILES string of the molecule is CC(OC=O)c1cncc(Cl)n1. The third-order valence-electron chi connectivity index (χ3n) is 1.30. The maximum atomic E-state index is 9.97. The second kappa shape index (κ2) is 4.01. The molecule has 0 aliphatic carbocycles. The number of hydrogen-bond acceptors (Lipinski definition) is 4. The highest BCUT2D eigenvalue weighted by Crippen LogP contribution is 2.13. The Hall–Kier alpha value is -1.16. The lowest BCUT2D eigenvalue weighted by atomic mass is 10.3. The molecule has 64 valence electrons. The number of carbonyl (C=O) groups is 1. The summed E-state index contributed by atoms with van der Waals surface area (Å²) in [5, 5.41) is 0.286. The molecule has 12 heavy (non-hydrogen) atoms. The number of ether oxygens (including phenoxy) is 1. The molecule has 1 unspecified atom stereocenters. The summed E-state index contributed by atoms with van der Waals surface area (Å²) < 4.78 is 4.64. The van der Waals surface area contributed by atoms with E-state index in [-0.39, 0.29) is 5.15 Å². The van der Waals surface area contributed by atoms with Gasteiger partial charge in [0.2, 0.25) is 0 Å². The maximum absolute atomic E-state index is 9.97. The third kappa shape index (κ3) is 2.17. The van der Waals surface area contributed by atoms with Gasteiger partial charge in [-0.05, 0) is 6.92 Å². The van der Waals surface area contributed by atoms with E-state index in [0.717, 1.165) is 0 Å². The molecule has 0 bridgehead atoms. The first-order chi connectivity index (χ1) is 5.74. The monoisotopic (exact) mass is 186 g/mol. The molecule has 4 nitrogen and oxygen atoms in total. The Morgan fingerprint density at radius 1 is 1.67 bits per heavy atom. The largest absolute Gasteiger partial charge is 0.458 e. The molecule has 0 saturated heterocycles. The molecule has 1 aromatic heterocycles. The number of nitrogens with zero attached hydrogens (tertiary/aromatic N) is 2. The minimum Gasteiger partial charge on any atom is -0.458 e. The lowest BCUT2D eigenvalue weighted by molar-refractivity contribution is -0.133. The average Bonchev–Trinajstić information content (AvgIpc) is 2.05. The summed E-state index contributed by atoms with van der Waals surface area (Å²) in [7, 11) is 0. The van der Waals surface area contributed by atoms with Crippen LogP contribution in [0.25, 0.3) is 0 Å². The molecule has 0 aliphatic heterocycles. The molecule has 1 rings (SSSR count). The van der Waals surface area contributed by atoms with Gasteiger partial charge in [-0.15, -0.1) is 0 Å². The van der Waals surface area contributed by atoms with Crippen molar-refractivity contribution in [3.05, 3.63) is 23.2 Å². The summed E-state index contributed by atoms with van der Waals surface area (Å²) in [5.74, 6) is 0. The first kappa shape index (κ1) is 8.93. The van der Waals surface area contributed by atoms with Crippen LogP contribution in [0.2, 0.25) is 5.15 Å². The molecule has 5 heteroatoms. The summed E-state index contributed by atoms with van der Waals surface area (Å²) in [6.45, 7) is 2.06. The molecule has 0 fully saturated rings. The van der Waals surface area contributed by atoms with Crippen molar-refractivity contribution in [2.45, 2.75) is 13.0 Å².